The van der Waals surface area contributed by atoms with Crippen molar-refractivity contribution < 1.29 is 4.42 Å². The zero-order valence-corrected chi connectivity index (χ0v) is 8.77. The zero-order chi connectivity index (χ0) is 10.8. The largest absolute Gasteiger partial charge is 0.439 e. The molecule has 0 aliphatic heterocycles. The summed E-state index contributed by atoms with van der Waals surface area (Å²) in [6.45, 7) is 3.98. The third-order valence-electron chi connectivity index (χ3n) is 2.38. The highest BCUT2D eigenvalue weighted by atomic mass is 16.3. The standard InChI is InChI=1S/C12H12N2O/c1-8(2)9(7-13)12-14-10-5-3-4-6-11(10)15-12/h3-6,8-9H,1-2H3. The van der Waals surface area contributed by atoms with Crippen molar-refractivity contribution >= 4 is 11.1 Å². The zero-order valence-electron chi connectivity index (χ0n) is 8.77. The molecule has 0 aliphatic rings. The number of hydrogen-bond donors (Lipinski definition) is 0. The van der Waals surface area contributed by atoms with Crippen LogP contribution in [0.25, 0.3) is 11.1 Å². The number of benzene rings is 1. The normalized spacial score (nSPS) is 12.9. The van der Waals surface area contributed by atoms with Crippen LogP contribution in [0.3, 0.4) is 0 Å². The van der Waals surface area contributed by atoms with Crippen LogP contribution in [0.5, 0.6) is 0 Å². The van der Waals surface area contributed by atoms with Crippen molar-refractivity contribution in [2.45, 2.75) is 19.8 Å². The molecule has 1 unspecified atom stereocenters. The van der Waals surface area contributed by atoms with Crippen LogP contribution >= 0.6 is 0 Å². The van der Waals surface area contributed by atoms with Crippen LogP contribution in [0.15, 0.2) is 28.7 Å². The number of nitriles is 1. The van der Waals surface area contributed by atoms with E-state index in [1.165, 1.54) is 0 Å². The molecule has 15 heavy (non-hydrogen) atoms. The fraction of sp³-hybridized carbons (Fsp3) is 0.333. The fourth-order valence-corrected chi connectivity index (χ4v) is 1.51. The highest BCUT2D eigenvalue weighted by Crippen LogP contribution is 2.26. The van der Waals surface area contributed by atoms with Crippen LogP contribution in [0, 0.1) is 17.2 Å². The average molecular weight is 200 g/mol. The summed E-state index contributed by atoms with van der Waals surface area (Å²) in [4.78, 5) is 4.32. The van der Waals surface area contributed by atoms with E-state index >= 15 is 0 Å². The molecule has 0 radical (unpaired) electrons. The lowest BCUT2D eigenvalue weighted by Gasteiger charge is -2.07. The summed E-state index contributed by atoms with van der Waals surface area (Å²) in [5.74, 6) is 0.467. The summed E-state index contributed by atoms with van der Waals surface area (Å²) >= 11 is 0. The predicted octanol–water partition coefficient (Wildman–Crippen LogP) is 3.09. The second kappa shape index (κ2) is 3.74. The molecule has 0 bridgehead atoms. The van der Waals surface area contributed by atoms with Gasteiger partial charge in [0.1, 0.15) is 11.4 Å². The first-order valence-electron chi connectivity index (χ1n) is 4.97. The summed E-state index contributed by atoms with van der Waals surface area (Å²) in [5, 5.41) is 9.03. The van der Waals surface area contributed by atoms with Crippen molar-refractivity contribution in [1.29, 1.82) is 5.26 Å². The highest BCUT2D eigenvalue weighted by molar-refractivity contribution is 5.72. The van der Waals surface area contributed by atoms with E-state index in [2.05, 4.69) is 11.1 Å². The van der Waals surface area contributed by atoms with Gasteiger partial charge in [-0.2, -0.15) is 5.26 Å². The molecule has 0 spiro atoms. The molecule has 76 valence electrons. The minimum Gasteiger partial charge on any atom is -0.439 e. The molecule has 1 aromatic heterocycles. The highest BCUT2D eigenvalue weighted by Gasteiger charge is 2.20. The topological polar surface area (TPSA) is 49.8 Å². The first-order valence-corrected chi connectivity index (χ1v) is 4.97. The van der Waals surface area contributed by atoms with E-state index in [0.29, 0.717) is 5.89 Å². The lowest BCUT2D eigenvalue weighted by atomic mass is 9.98. The van der Waals surface area contributed by atoms with Crippen molar-refractivity contribution in [3.05, 3.63) is 30.2 Å². The quantitative estimate of drug-likeness (QED) is 0.748. The number of aromatic nitrogens is 1. The Kier molecular flexibility index (Phi) is 2.42. The van der Waals surface area contributed by atoms with Gasteiger partial charge in [0.25, 0.3) is 0 Å². The maximum Gasteiger partial charge on any atom is 0.213 e. The Morgan fingerprint density at radius 3 is 2.67 bits per heavy atom. The van der Waals surface area contributed by atoms with Gasteiger partial charge in [0.2, 0.25) is 5.89 Å². The average Bonchev–Trinajstić information content (AvgIpc) is 2.61. The van der Waals surface area contributed by atoms with Crippen LogP contribution < -0.4 is 0 Å². The molecule has 3 nitrogen and oxygen atoms in total. The van der Waals surface area contributed by atoms with Crippen LogP contribution in [0.2, 0.25) is 0 Å². The summed E-state index contributed by atoms with van der Waals surface area (Å²) in [6, 6.07) is 9.78. The Morgan fingerprint density at radius 2 is 2.07 bits per heavy atom. The minimum atomic E-state index is -0.266. The third-order valence-corrected chi connectivity index (χ3v) is 2.38. The van der Waals surface area contributed by atoms with Crippen molar-refractivity contribution in [3.63, 3.8) is 0 Å². The second-order valence-electron chi connectivity index (χ2n) is 3.87. The number of hydrogen-bond acceptors (Lipinski definition) is 3. The number of rotatable bonds is 2. The van der Waals surface area contributed by atoms with Gasteiger partial charge in [-0.3, -0.25) is 0 Å². The Bertz CT molecular complexity index is 475. The SMILES string of the molecule is CC(C)C(C#N)c1nc2ccccc2o1. The van der Waals surface area contributed by atoms with E-state index in [0.717, 1.165) is 11.1 Å². The fourth-order valence-electron chi connectivity index (χ4n) is 1.51. The number of oxazole rings is 1. The molecule has 3 heteroatoms. The van der Waals surface area contributed by atoms with Crippen LogP contribution in [-0.2, 0) is 0 Å². The first kappa shape index (κ1) is 9.72. The molecule has 0 fully saturated rings. The van der Waals surface area contributed by atoms with Gasteiger partial charge >= 0.3 is 0 Å². The van der Waals surface area contributed by atoms with Gasteiger partial charge in [-0.25, -0.2) is 4.98 Å². The van der Waals surface area contributed by atoms with E-state index in [1.54, 1.807) is 0 Å². The Morgan fingerprint density at radius 1 is 1.33 bits per heavy atom. The summed E-state index contributed by atoms with van der Waals surface area (Å²) < 4.78 is 5.55. The van der Waals surface area contributed by atoms with Crippen LogP contribution in [-0.4, -0.2) is 4.98 Å². The van der Waals surface area contributed by atoms with Crippen LogP contribution in [0.4, 0.5) is 0 Å². The van der Waals surface area contributed by atoms with Gasteiger partial charge in [-0.15, -0.1) is 0 Å². The van der Waals surface area contributed by atoms with Gasteiger partial charge in [0, 0.05) is 0 Å². The molecule has 0 saturated heterocycles. The predicted molar refractivity (Wildman–Crippen MR) is 57.2 cm³/mol. The third kappa shape index (κ3) is 1.71. The molecule has 2 aromatic rings. The molecule has 1 heterocycles. The molecule has 0 N–H and O–H groups in total. The number of nitrogens with zero attached hydrogens (tertiary/aromatic N) is 2. The number of para-hydroxylation sites is 2. The van der Waals surface area contributed by atoms with Crippen molar-refractivity contribution in [2.24, 2.45) is 5.92 Å². The molecular weight excluding hydrogens is 188 g/mol. The van der Waals surface area contributed by atoms with Crippen molar-refractivity contribution in [1.82, 2.24) is 4.98 Å². The molecule has 0 amide bonds. The lowest BCUT2D eigenvalue weighted by Crippen LogP contribution is -2.03. The molecule has 1 aromatic carbocycles. The summed E-state index contributed by atoms with van der Waals surface area (Å²) in [6.07, 6.45) is 0. The van der Waals surface area contributed by atoms with Crippen LogP contribution in [0.1, 0.15) is 25.7 Å². The van der Waals surface area contributed by atoms with Gasteiger partial charge in [-0.1, -0.05) is 26.0 Å². The maximum absolute atomic E-state index is 9.03. The second-order valence-corrected chi connectivity index (χ2v) is 3.87. The smallest absolute Gasteiger partial charge is 0.213 e. The monoisotopic (exact) mass is 200 g/mol. The van der Waals surface area contributed by atoms with Gasteiger partial charge in [0.05, 0.1) is 6.07 Å². The van der Waals surface area contributed by atoms with Crippen molar-refractivity contribution in [2.75, 3.05) is 0 Å². The molecule has 2 rings (SSSR count). The van der Waals surface area contributed by atoms with Crippen molar-refractivity contribution in [3.8, 4) is 6.07 Å². The molecule has 1 atom stereocenters. The molecule has 0 saturated carbocycles. The summed E-state index contributed by atoms with van der Waals surface area (Å²) in [5.41, 5.74) is 1.56. The van der Waals surface area contributed by atoms with E-state index in [1.807, 2.05) is 38.1 Å². The van der Waals surface area contributed by atoms with E-state index in [9.17, 15) is 0 Å². The lowest BCUT2D eigenvalue weighted by molar-refractivity contribution is 0.448. The Labute approximate surface area is 88.3 Å². The summed E-state index contributed by atoms with van der Waals surface area (Å²) in [7, 11) is 0. The Balaban J connectivity index is 2.49. The van der Waals surface area contributed by atoms with Gasteiger partial charge in [-0.05, 0) is 18.1 Å². The molecular formula is C12H12N2O. The maximum atomic E-state index is 9.03. The van der Waals surface area contributed by atoms with Gasteiger partial charge < -0.3 is 4.42 Å². The first-order chi connectivity index (χ1) is 7.22. The minimum absolute atomic E-state index is 0.211. The Hall–Kier alpha value is -1.82. The number of fused-ring (bicyclic) bond motifs is 1. The molecule has 0 aliphatic carbocycles. The van der Waals surface area contributed by atoms with E-state index in [-0.39, 0.29) is 11.8 Å². The van der Waals surface area contributed by atoms with E-state index < -0.39 is 0 Å². The van der Waals surface area contributed by atoms with Gasteiger partial charge in [0.15, 0.2) is 5.58 Å². The van der Waals surface area contributed by atoms with E-state index in [4.69, 9.17) is 9.68 Å².